The minimum Gasteiger partial charge on any atom is -0.327 e. The molecule has 11 heavy (non-hydrogen) atoms. The van der Waals surface area contributed by atoms with Crippen LogP contribution in [0.3, 0.4) is 0 Å². The largest absolute Gasteiger partial charge is 0.327 e. The van der Waals surface area contributed by atoms with Crippen molar-refractivity contribution in [3.05, 3.63) is 0 Å². The highest BCUT2D eigenvalue weighted by Gasteiger charge is 2.55. The van der Waals surface area contributed by atoms with E-state index < -0.39 is 0 Å². The van der Waals surface area contributed by atoms with E-state index in [1.54, 1.807) is 0 Å². The minimum atomic E-state index is 0.492. The van der Waals surface area contributed by atoms with Gasteiger partial charge in [-0.3, -0.25) is 0 Å². The molecule has 3 aliphatic carbocycles. The fourth-order valence-electron chi connectivity index (χ4n) is 3.19. The fraction of sp³-hybridized carbons (Fsp3) is 1.00. The van der Waals surface area contributed by atoms with Gasteiger partial charge < -0.3 is 5.73 Å². The minimum absolute atomic E-state index is 0.492. The Kier molecular flexibility index (Phi) is 1.39. The molecule has 1 heteroatoms. The summed E-state index contributed by atoms with van der Waals surface area (Å²) >= 11 is 0. The molecule has 2 bridgehead atoms. The van der Waals surface area contributed by atoms with E-state index in [1.807, 2.05) is 0 Å². The SMILES string of the molecule is C[C@@H]1[C@H]2C[C@@H](C[C@@H]1N)C2(C)C. The maximum absolute atomic E-state index is 6.02. The van der Waals surface area contributed by atoms with Gasteiger partial charge in [-0.05, 0) is 36.0 Å². The van der Waals surface area contributed by atoms with E-state index in [4.69, 9.17) is 5.73 Å². The van der Waals surface area contributed by atoms with Crippen molar-refractivity contribution in [2.24, 2.45) is 28.9 Å². The third kappa shape index (κ3) is 0.807. The fourth-order valence-corrected chi connectivity index (χ4v) is 3.19. The summed E-state index contributed by atoms with van der Waals surface area (Å²) in [5.41, 5.74) is 6.63. The van der Waals surface area contributed by atoms with Crippen LogP contribution in [0, 0.1) is 23.2 Å². The zero-order valence-corrected chi connectivity index (χ0v) is 7.80. The van der Waals surface area contributed by atoms with E-state index in [2.05, 4.69) is 20.8 Å². The van der Waals surface area contributed by atoms with Gasteiger partial charge in [-0.1, -0.05) is 20.8 Å². The zero-order chi connectivity index (χ0) is 8.22. The molecule has 0 aromatic rings. The Morgan fingerprint density at radius 2 is 1.91 bits per heavy atom. The van der Waals surface area contributed by atoms with Crippen molar-refractivity contribution in [2.45, 2.75) is 39.7 Å². The first-order valence-corrected chi connectivity index (χ1v) is 4.79. The van der Waals surface area contributed by atoms with E-state index in [9.17, 15) is 0 Å². The molecule has 0 amide bonds. The van der Waals surface area contributed by atoms with Gasteiger partial charge in [-0.2, -0.15) is 0 Å². The second-order valence-corrected chi connectivity index (χ2v) is 5.12. The van der Waals surface area contributed by atoms with Gasteiger partial charge in [0, 0.05) is 6.04 Å². The molecule has 0 saturated heterocycles. The van der Waals surface area contributed by atoms with E-state index in [0.29, 0.717) is 11.5 Å². The summed E-state index contributed by atoms with van der Waals surface area (Å²) < 4.78 is 0. The van der Waals surface area contributed by atoms with Gasteiger partial charge in [0.2, 0.25) is 0 Å². The van der Waals surface area contributed by atoms with Crippen molar-refractivity contribution in [3.8, 4) is 0 Å². The summed E-state index contributed by atoms with van der Waals surface area (Å²) in [4.78, 5) is 0. The van der Waals surface area contributed by atoms with Gasteiger partial charge in [-0.15, -0.1) is 0 Å². The Hall–Kier alpha value is -0.0400. The molecule has 1 nitrogen and oxygen atoms in total. The Morgan fingerprint density at radius 3 is 2.27 bits per heavy atom. The molecule has 64 valence electrons. The standard InChI is InChI=1S/C10H19N/c1-6-8-4-7(5-9(6)11)10(8,2)3/h6-9H,4-5,11H2,1-3H3/t6-,7+,8-,9+/m1/s1. The molecule has 3 rings (SSSR count). The average Bonchev–Trinajstić information content (AvgIpc) is 1.93. The molecule has 0 aromatic carbocycles. The Bertz CT molecular complexity index is 174. The van der Waals surface area contributed by atoms with Gasteiger partial charge in [0.05, 0.1) is 0 Å². The van der Waals surface area contributed by atoms with Crippen molar-refractivity contribution in [2.75, 3.05) is 0 Å². The highest BCUT2D eigenvalue weighted by atomic mass is 14.7. The number of hydrogen-bond donors (Lipinski definition) is 1. The Morgan fingerprint density at radius 1 is 1.27 bits per heavy atom. The second kappa shape index (κ2) is 2.01. The molecule has 3 aliphatic rings. The third-order valence-electron chi connectivity index (χ3n) is 4.41. The van der Waals surface area contributed by atoms with Crippen LogP contribution in [0.1, 0.15) is 33.6 Å². The van der Waals surface area contributed by atoms with Gasteiger partial charge >= 0.3 is 0 Å². The molecule has 4 atom stereocenters. The van der Waals surface area contributed by atoms with Gasteiger partial charge in [0.25, 0.3) is 0 Å². The number of nitrogens with two attached hydrogens (primary N) is 1. The predicted molar refractivity (Wildman–Crippen MR) is 47.1 cm³/mol. The molecule has 3 saturated carbocycles. The smallest absolute Gasteiger partial charge is 0.00702 e. The maximum atomic E-state index is 6.02. The second-order valence-electron chi connectivity index (χ2n) is 5.12. The van der Waals surface area contributed by atoms with Crippen LogP contribution in [0.2, 0.25) is 0 Å². The van der Waals surface area contributed by atoms with Gasteiger partial charge in [0.1, 0.15) is 0 Å². The zero-order valence-electron chi connectivity index (χ0n) is 7.80. The van der Waals surface area contributed by atoms with Crippen LogP contribution in [0.25, 0.3) is 0 Å². The van der Waals surface area contributed by atoms with E-state index in [-0.39, 0.29) is 0 Å². The van der Waals surface area contributed by atoms with E-state index in [1.165, 1.54) is 12.8 Å². The highest BCUT2D eigenvalue weighted by Crippen LogP contribution is 2.60. The summed E-state index contributed by atoms with van der Waals surface area (Å²) in [6, 6.07) is 0.492. The molecule has 0 unspecified atom stereocenters. The first-order valence-electron chi connectivity index (χ1n) is 4.79. The molecule has 0 radical (unpaired) electrons. The first kappa shape index (κ1) is 7.60. The average molecular weight is 153 g/mol. The lowest BCUT2D eigenvalue weighted by molar-refractivity contribution is -0.108. The molecular formula is C10H19N. The summed E-state index contributed by atoms with van der Waals surface area (Å²) in [5.74, 6) is 2.60. The number of fused-ring (bicyclic) bond motifs is 2. The van der Waals surface area contributed by atoms with Crippen LogP contribution < -0.4 is 5.73 Å². The molecule has 0 aromatic heterocycles. The monoisotopic (exact) mass is 153 g/mol. The van der Waals surface area contributed by atoms with Crippen LogP contribution in [-0.4, -0.2) is 6.04 Å². The van der Waals surface area contributed by atoms with Crippen molar-refractivity contribution in [1.29, 1.82) is 0 Å². The molecular weight excluding hydrogens is 134 g/mol. The van der Waals surface area contributed by atoms with Crippen LogP contribution in [-0.2, 0) is 0 Å². The molecule has 0 aliphatic heterocycles. The van der Waals surface area contributed by atoms with Crippen molar-refractivity contribution < 1.29 is 0 Å². The Labute approximate surface area is 69.4 Å². The highest BCUT2D eigenvalue weighted by molar-refractivity contribution is 5.06. The van der Waals surface area contributed by atoms with Crippen LogP contribution >= 0.6 is 0 Å². The lowest BCUT2D eigenvalue weighted by Gasteiger charge is -2.61. The van der Waals surface area contributed by atoms with Crippen LogP contribution in [0.5, 0.6) is 0 Å². The molecule has 2 N–H and O–H groups in total. The topological polar surface area (TPSA) is 26.0 Å². The van der Waals surface area contributed by atoms with Crippen molar-refractivity contribution >= 4 is 0 Å². The molecule has 3 fully saturated rings. The summed E-state index contributed by atoms with van der Waals surface area (Å²) in [6.07, 6.45) is 2.71. The molecule has 0 spiro atoms. The third-order valence-corrected chi connectivity index (χ3v) is 4.41. The lowest BCUT2D eigenvalue weighted by atomic mass is 9.45. The van der Waals surface area contributed by atoms with Crippen molar-refractivity contribution in [1.82, 2.24) is 0 Å². The van der Waals surface area contributed by atoms with Crippen LogP contribution in [0.15, 0.2) is 0 Å². The van der Waals surface area contributed by atoms with Gasteiger partial charge in [0.15, 0.2) is 0 Å². The van der Waals surface area contributed by atoms with Gasteiger partial charge in [-0.25, -0.2) is 0 Å². The van der Waals surface area contributed by atoms with Crippen LogP contribution in [0.4, 0.5) is 0 Å². The normalized spacial score (nSPS) is 53.5. The summed E-state index contributed by atoms with van der Waals surface area (Å²) in [5, 5.41) is 0. The van der Waals surface area contributed by atoms with E-state index >= 15 is 0 Å². The summed E-state index contributed by atoms with van der Waals surface area (Å²) in [6.45, 7) is 7.15. The predicted octanol–water partition coefficient (Wildman–Crippen LogP) is 2.02. The number of rotatable bonds is 0. The summed E-state index contributed by atoms with van der Waals surface area (Å²) in [7, 11) is 0. The molecule has 0 heterocycles. The lowest BCUT2D eigenvalue weighted by Crippen LogP contribution is -2.58. The number of hydrogen-bond acceptors (Lipinski definition) is 1. The van der Waals surface area contributed by atoms with Crippen molar-refractivity contribution in [3.63, 3.8) is 0 Å². The quantitative estimate of drug-likeness (QED) is 0.566. The first-order chi connectivity index (χ1) is 5.03. The van der Waals surface area contributed by atoms with E-state index in [0.717, 1.165) is 17.8 Å². The Balaban J connectivity index is 2.17. The maximum Gasteiger partial charge on any atom is 0.00702 e.